The highest BCUT2D eigenvalue weighted by Crippen LogP contribution is 2.40. The Labute approximate surface area is 561 Å². The maximum Gasteiger partial charge on any atom is 0.227 e. The van der Waals surface area contributed by atoms with E-state index in [4.69, 9.17) is 25.5 Å². The Morgan fingerprint density at radius 2 is 1.38 bits per heavy atom. The largest absolute Gasteiger partial charge is 0.508 e. The SMILES string of the molecule is CCC(CO)Nc1nc(NCc2ccccc2)c2ncn(C(C)C)c2n1.CN1CCN(C2CCC(n3nc(-c4ccc(Oc5ccccc5)cc4)c4c(N)ncnc43)CC2)CC1.CP(C)(=O)c1ccc(Nc2nc(C3CCCC3)nc3c2ncn3CCc2cccc(O)c2)cc1. The van der Waals surface area contributed by atoms with Crippen LogP contribution in [-0.2, 0) is 24.1 Å². The van der Waals surface area contributed by atoms with E-state index in [2.05, 4.69) is 97.9 Å². The number of hydrogen-bond acceptors (Lipinski definition) is 19. The molecule has 22 nitrogen and oxygen atoms in total. The standard InChI is InChI=1S/C28H33N7O.C26H30N5O2P.C19H26N6O/c1-33-15-17-34(18-16-33)21-9-11-22(12-10-21)35-28-25(27(29)30-19-31-28)26(32-35)20-7-13-24(14-8-20)36-23-5-3-2-4-6-23;1-34(2,33)22-12-10-20(11-13-22)28-25-23-26(30-24(29-25)19-7-3-4-8-19)31(17-27-23)15-14-18-6-5-9-21(32)16-18;1-4-15(11-26)22-19-23-17(20-10-14-8-6-5-7-9-14)16-18(24-19)25(12-21-16)13(2)3/h2-8,13-14,19,21-22H,9-12,15-18H2,1H3,(H2,29,30,31);5-6,9-13,16-17,19,32H,3-4,7-8,14-15H2,1-2H3,(H,28,29,30);5-9,12-13,15,26H,4,10-11H2,1-3H3,(H2,20,22,23,24). The Bertz CT molecular complexity index is 4380. The zero-order valence-corrected chi connectivity index (χ0v) is 56.7. The molecule has 7 N–H and O–H groups in total. The Kier molecular flexibility index (Phi) is 21.2. The monoisotopic (exact) mass is 1310 g/mol. The number of aliphatic hydroxyl groups excluding tert-OH is 1. The van der Waals surface area contributed by atoms with Crippen LogP contribution in [0, 0.1) is 0 Å². The van der Waals surface area contributed by atoms with Crippen LogP contribution >= 0.6 is 7.14 Å². The van der Waals surface area contributed by atoms with Gasteiger partial charge in [0.05, 0.1) is 36.7 Å². The summed E-state index contributed by atoms with van der Waals surface area (Å²) >= 11 is 0. The number of para-hydroxylation sites is 1. The van der Waals surface area contributed by atoms with Crippen LogP contribution in [0.1, 0.15) is 114 Å². The maximum absolute atomic E-state index is 12.4. The molecule has 1 aliphatic heterocycles. The number of aryl methyl sites for hydroxylation is 2. The Morgan fingerprint density at radius 3 is 2.06 bits per heavy atom. The van der Waals surface area contributed by atoms with Gasteiger partial charge < -0.3 is 55.2 Å². The number of fused-ring (bicyclic) bond motifs is 3. The molecule has 500 valence electrons. The molecule has 96 heavy (non-hydrogen) atoms. The van der Waals surface area contributed by atoms with Crippen molar-refractivity contribution in [2.75, 3.05) is 74.8 Å². The molecule has 0 radical (unpaired) electrons. The first-order chi connectivity index (χ1) is 46.6. The van der Waals surface area contributed by atoms with Crippen molar-refractivity contribution in [3.05, 3.63) is 169 Å². The topological polar surface area (TPSA) is 266 Å². The summed E-state index contributed by atoms with van der Waals surface area (Å²) in [5.74, 6) is 5.46. The van der Waals surface area contributed by atoms with E-state index in [0.29, 0.717) is 54.5 Å². The number of aromatic nitrogens is 12. The van der Waals surface area contributed by atoms with Crippen LogP contribution in [0.3, 0.4) is 0 Å². The summed E-state index contributed by atoms with van der Waals surface area (Å²) in [6, 6.07) is 44.1. The van der Waals surface area contributed by atoms with Gasteiger partial charge in [-0.3, -0.25) is 4.90 Å². The molecule has 0 bridgehead atoms. The lowest BCUT2D eigenvalue weighted by Gasteiger charge is -2.41. The van der Waals surface area contributed by atoms with Crippen molar-refractivity contribution >= 4 is 74.9 Å². The predicted molar refractivity (Wildman–Crippen MR) is 383 cm³/mol. The predicted octanol–water partition coefficient (Wildman–Crippen LogP) is 13.2. The van der Waals surface area contributed by atoms with E-state index in [-0.39, 0.29) is 24.4 Å². The molecule has 0 spiro atoms. The maximum atomic E-state index is 12.4. The molecular formula is C73H89N18O4P. The Morgan fingerprint density at radius 1 is 0.698 bits per heavy atom. The van der Waals surface area contributed by atoms with Crippen molar-refractivity contribution < 1.29 is 19.5 Å². The molecule has 3 fully saturated rings. The first-order valence-electron chi connectivity index (χ1n) is 33.7. The Hall–Kier alpha value is -9.34. The number of nitrogen functional groups attached to an aromatic ring is 1. The van der Waals surface area contributed by atoms with Gasteiger partial charge in [0, 0.05) is 73.8 Å². The molecule has 3 aliphatic rings. The van der Waals surface area contributed by atoms with Crippen molar-refractivity contribution in [3.8, 4) is 28.5 Å². The highest BCUT2D eigenvalue weighted by atomic mass is 31.2. The fourth-order valence-corrected chi connectivity index (χ4v) is 13.8. The van der Waals surface area contributed by atoms with Gasteiger partial charge in [0.1, 0.15) is 48.1 Å². The molecule has 1 saturated heterocycles. The van der Waals surface area contributed by atoms with Crippen molar-refractivity contribution in [1.29, 1.82) is 0 Å². The van der Waals surface area contributed by atoms with Gasteiger partial charge in [0.25, 0.3) is 0 Å². The van der Waals surface area contributed by atoms with E-state index in [0.717, 1.165) is 117 Å². The minimum atomic E-state index is -2.30. The van der Waals surface area contributed by atoms with Crippen LogP contribution in [0.25, 0.3) is 44.6 Å². The molecule has 1 unspecified atom stereocenters. The quantitative estimate of drug-likeness (QED) is 0.0387. The summed E-state index contributed by atoms with van der Waals surface area (Å²) in [4.78, 5) is 42.3. The summed E-state index contributed by atoms with van der Waals surface area (Å²) in [6.07, 6.45) is 15.9. The molecule has 14 rings (SSSR count). The minimum Gasteiger partial charge on any atom is -0.508 e. The van der Waals surface area contributed by atoms with Crippen LogP contribution in [-0.4, -0.2) is 144 Å². The number of benzene rings is 5. The van der Waals surface area contributed by atoms with Crippen LogP contribution in [0.2, 0.25) is 0 Å². The van der Waals surface area contributed by atoms with Crippen LogP contribution in [0.15, 0.2) is 152 Å². The van der Waals surface area contributed by atoms with Gasteiger partial charge in [0.2, 0.25) is 5.95 Å². The Balaban J connectivity index is 0.000000140. The first-order valence-corrected chi connectivity index (χ1v) is 36.3. The van der Waals surface area contributed by atoms with Gasteiger partial charge >= 0.3 is 0 Å². The fourth-order valence-electron chi connectivity index (χ4n) is 12.9. The van der Waals surface area contributed by atoms with E-state index < -0.39 is 7.14 Å². The number of aliphatic hydroxyl groups is 1. The van der Waals surface area contributed by atoms with E-state index >= 15 is 0 Å². The third-order valence-electron chi connectivity index (χ3n) is 18.5. The number of anilines is 5. The van der Waals surface area contributed by atoms with Crippen LogP contribution in [0.5, 0.6) is 17.2 Å². The second-order valence-corrected chi connectivity index (χ2v) is 29.3. The summed E-state index contributed by atoms with van der Waals surface area (Å²) in [5.41, 5.74) is 15.2. The van der Waals surface area contributed by atoms with Gasteiger partial charge in [-0.1, -0.05) is 80.4 Å². The number of imidazole rings is 2. The zero-order chi connectivity index (χ0) is 66.7. The van der Waals surface area contributed by atoms with E-state index in [9.17, 15) is 14.8 Å². The molecular weight excluding hydrogens is 1220 g/mol. The van der Waals surface area contributed by atoms with Crippen LogP contribution < -0.4 is 31.7 Å². The number of hydrogen-bond donors (Lipinski definition) is 6. The second-order valence-electron chi connectivity index (χ2n) is 26.0. The molecule has 1 atom stereocenters. The summed E-state index contributed by atoms with van der Waals surface area (Å²) in [6.45, 7) is 15.8. The fraction of sp³-hybridized carbons (Fsp3) is 0.384. The molecule has 0 amide bonds. The summed E-state index contributed by atoms with van der Waals surface area (Å²) in [5, 5.41) is 36.0. The summed E-state index contributed by atoms with van der Waals surface area (Å²) in [7, 11) is -0.0853. The van der Waals surface area contributed by atoms with Crippen molar-refractivity contribution in [3.63, 3.8) is 0 Å². The second kappa shape index (κ2) is 30.6. The lowest BCUT2D eigenvalue weighted by molar-refractivity contribution is 0.0815. The number of nitrogens with two attached hydrogens (primary N) is 1. The number of phenols is 1. The number of aromatic hydroxyl groups is 1. The number of ether oxygens (including phenoxy) is 1. The number of nitrogens with one attached hydrogen (secondary N) is 3. The average molecular weight is 1310 g/mol. The van der Waals surface area contributed by atoms with Gasteiger partial charge in [-0.2, -0.15) is 15.1 Å². The van der Waals surface area contributed by atoms with Crippen LogP contribution in [0.4, 0.5) is 29.1 Å². The zero-order valence-electron chi connectivity index (χ0n) is 55.8. The van der Waals surface area contributed by atoms with E-state index in [1.807, 2.05) is 127 Å². The lowest BCUT2D eigenvalue weighted by atomic mass is 9.90. The molecule has 2 saturated carbocycles. The van der Waals surface area contributed by atoms with E-state index in [1.54, 1.807) is 38.1 Å². The highest BCUT2D eigenvalue weighted by Gasteiger charge is 2.31. The first kappa shape index (κ1) is 66.7. The molecule has 5 aromatic carbocycles. The molecule has 23 heteroatoms. The summed E-state index contributed by atoms with van der Waals surface area (Å²) < 4.78 is 24.5. The average Bonchev–Trinajstić information content (AvgIpc) is 1.62. The number of nitrogens with zero attached hydrogens (tertiary/aromatic N) is 14. The molecule has 11 aromatic rings. The van der Waals surface area contributed by atoms with Crippen molar-refractivity contribution in [1.82, 2.24) is 68.6 Å². The highest BCUT2D eigenvalue weighted by molar-refractivity contribution is 7.70. The number of rotatable bonds is 20. The van der Waals surface area contributed by atoms with E-state index in [1.165, 1.54) is 57.4 Å². The molecule has 7 heterocycles. The van der Waals surface area contributed by atoms with Gasteiger partial charge in [-0.15, -0.1) is 0 Å². The smallest absolute Gasteiger partial charge is 0.227 e. The lowest BCUT2D eigenvalue weighted by Crippen LogP contribution is -2.49. The normalized spacial score (nSPS) is 16.7. The van der Waals surface area contributed by atoms with Gasteiger partial charge in [-0.25, -0.2) is 34.6 Å². The molecule has 6 aromatic heterocycles. The number of piperazine rings is 1. The third-order valence-corrected chi connectivity index (χ3v) is 20.1. The number of likely N-dealkylation sites (N-methyl/N-ethyl adjacent to an activating group) is 1. The minimum absolute atomic E-state index is 0.0358. The van der Waals surface area contributed by atoms with Gasteiger partial charge in [0.15, 0.2) is 39.6 Å². The molecule has 2 aliphatic carbocycles. The van der Waals surface area contributed by atoms with Crippen molar-refractivity contribution in [2.24, 2.45) is 0 Å². The van der Waals surface area contributed by atoms with Gasteiger partial charge in [-0.05, 0) is 170 Å². The number of phenolic OH excluding ortho intramolecular Hbond substituents is 1. The third kappa shape index (κ3) is 16.1. The van der Waals surface area contributed by atoms with Crippen molar-refractivity contribution in [2.45, 2.75) is 128 Å².